The number of nitrogen functional groups attached to an aromatic ring is 1. The molecule has 3 N–H and O–H groups in total. The lowest BCUT2D eigenvalue weighted by atomic mass is 10.2. The van der Waals surface area contributed by atoms with Crippen molar-refractivity contribution in [3.05, 3.63) is 59.9 Å². The van der Waals surface area contributed by atoms with Gasteiger partial charge in [-0.2, -0.15) is 0 Å². The standard InChI is InChI=1S/C14H17N3O2S/c15-13-6-4-12(5-7-13)11-17-20(18,19)10-8-14-3-1-2-9-16-14/h1-7,9,17H,8,10-11,15H2. The molecular weight excluding hydrogens is 274 g/mol. The number of nitrogens with zero attached hydrogens (tertiary/aromatic N) is 1. The number of nitrogens with two attached hydrogens (primary N) is 1. The van der Waals surface area contributed by atoms with Crippen LogP contribution in [0.3, 0.4) is 0 Å². The molecule has 0 unspecified atom stereocenters. The molecule has 0 aliphatic rings. The Labute approximate surface area is 118 Å². The van der Waals surface area contributed by atoms with Crippen LogP contribution in [0, 0.1) is 0 Å². The number of benzene rings is 1. The van der Waals surface area contributed by atoms with E-state index in [1.807, 2.05) is 12.1 Å². The molecule has 0 aliphatic heterocycles. The number of nitrogens with one attached hydrogen (secondary N) is 1. The summed E-state index contributed by atoms with van der Waals surface area (Å²) < 4.78 is 26.3. The lowest BCUT2D eigenvalue weighted by Crippen LogP contribution is -2.27. The number of hydrogen-bond donors (Lipinski definition) is 2. The van der Waals surface area contributed by atoms with Crippen LogP contribution in [0.25, 0.3) is 0 Å². The van der Waals surface area contributed by atoms with Gasteiger partial charge in [0.2, 0.25) is 10.0 Å². The predicted molar refractivity (Wildman–Crippen MR) is 79.4 cm³/mol. The topological polar surface area (TPSA) is 85.1 Å². The Bertz CT molecular complexity index is 640. The van der Waals surface area contributed by atoms with E-state index in [1.54, 1.807) is 36.5 Å². The maximum Gasteiger partial charge on any atom is 0.212 e. The molecule has 106 valence electrons. The largest absolute Gasteiger partial charge is 0.399 e. The van der Waals surface area contributed by atoms with Crippen LogP contribution in [0.15, 0.2) is 48.7 Å². The van der Waals surface area contributed by atoms with Crippen LogP contribution in [-0.2, 0) is 23.0 Å². The summed E-state index contributed by atoms with van der Waals surface area (Å²) in [5, 5.41) is 0. The lowest BCUT2D eigenvalue weighted by molar-refractivity contribution is 0.580. The Morgan fingerprint density at radius 2 is 1.85 bits per heavy atom. The van der Waals surface area contributed by atoms with Gasteiger partial charge in [-0.25, -0.2) is 13.1 Å². The first-order chi connectivity index (χ1) is 9.55. The van der Waals surface area contributed by atoms with E-state index in [1.165, 1.54) is 0 Å². The van der Waals surface area contributed by atoms with Crippen molar-refractivity contribution in [3.8, 4) is 0 Å². The van der Waals surface area contributed by atoms with Crippen molar-refractivity contribution in [1.82, 2.24) is 9.71 Å². The zero-order chi connectivity index (χ0) is 14.4. The van der Waals surface area contributed by atoms with Crippen molar-refractivity contribution < 1.29 is 8.42 Å². The minimum absolute atomic E-state index is 0.0268. The zero-order valence-electron chi connectivity index (χ0n) is 11.0. The minimum Gasteiger partial charge on any atom is -0.399 e. The first kappa shape index (κ1) is 14.5. The molecule has 0 saturated carbocycles. The molecule has 0 atom stereocenters. The fourth-order valence-electron chi connectivity index (χ4n) is 1.69. The lowest BCUT2D eigenvalue weighted by Gasteiger charge is -2.07. The van der Waals surface area contributed by atoms with Gasteiger partial charge in [0.15, 0.2) is 0 Å². The maximum absolute atomic E-state index is 11.9. The molecule has 2 rings (SSSR count). The Morgan fingerprint density at radius 1 is 1.10 bits per heavy atom. The third kappa shape index (κ3) is 4.64. The highest BCUT2D eigenvalue weighted by Gasteiger charge is 2.10. The smallest absolute Gasteiger partial charge is 0.212 e. The summed E-state index contributed by atoms with van der Waals surface area (Å²) in [6, 6.07) is 12.6. The van der Waals surface area contributed by atoms with Gasteiger partial charge in [-0.15, -0.1) is 0 Å². The van der Waals surface area contributed by atoms with E-state index in [0.717, 1.165) is 11.3 Å². The summed E-state index contributed by atoms with van der Waals surface area (Å²) in [4.78, 5) is 4.10. The summed E-state index contributed by atoms with van der Waals surface area (Å²) in [6.07, 6.45) is 2.06. The van der Waals surface area contributed by atoms with Gasteiger partial charge in [-0.3, -0.25) is 4.98 Å². The highest BCUT2D eigenvalue weighted by Crippen LogP contribution is 2.06. The van der Waals surface area contributed by atoms with Crippen LogP contribution in [0.2, 0.25) is 0 Å². The summed E-state index contributed by atoms with van der Waals surface area (Å²) in [7, 11) is -3.31. The predicted octanol–water partition coefficient (Wildman–Crippen LogP) is 1.33. The van der Waals surface area contributed by atoms with Crippen LogP contribution in [0.1, 0.15) is 11.3 Å². The molecule has 2 aromatic rings. The third-order valence-electron chi connectivity index (χ3n) is 2.83. The number of hydrogen-bond acceptors (Lipinski definition) is 4. The Hall–Kier alpha value is -1.92. The number of pyridine rings is 1. The molecule has 0 bridgehead atoms. The Morgan fingerprint density at radius 3 is 2.50 bits per heavy atom. The molecule has 0 aliphatic carbocycles. The normalized spacial score (nSPS) is 11.4. The van der Waals surface area contributed by atoms with E-state index in [4.69, 9.17) is 5.73 Å². The van der Waals surface area contributed by atoms with Crippen LogP contribution in [0.4, 0.5) is 5.69 Å². The molecule has 0 spiro atoms. The fraction of sp³-hybridized carbons (Fsp3) is 0.214. The second kappa shape index (κ2) is 6.49. The van der Waals surface area contributed by atoms with E-state index in [-0.39, 0.29) is 12.3 Å². The molecule has 1 heterocycles. The van der Waals surface area contributed by atoms with Gasteiger partial charge in [-0.1, -0.05) is 18.2 Å². The summed E-state index contributed by atoms with van der Waals surface area (Å²) in [5.74, 6) is 0.0268. The van der Waals surface area contributed by atoms with Crippen LogP contribution in [-0.4, -0.2) is 19.2 Å². The van der Waals surface area contributed by atoms with Gasteiger partial charge in [0.25, 0.3) is 0 Å². The van der Waals surface area contributed by atoms with Gasteiger partial charge in [0.1, 0.15) is 0 Å². The Balaban J connectivity index is 1.86. The number of anilines is 1. The van der Waals surface area contributed by atoms with Gasteiger partial charge in [0.05, 0.1) is 5.75 Å². The molecule has 6 heteroatoms. The van der Waals surface area contributed by atoms with Crippen molar-refractivity contribution in [2.75, 3.05) is 11.5 Å². The molecule has 20 heavy (non-hydrogen) atoms. The molecule has 1 aromatic carbocycles. The highest BCUT2D eigenvalue weighted by molar-refractivity contribution is 7.89. The second-order valence-corrected chi connectivity index (χ2v) is 6.38. The van der Waals surface area contributed by atoms with E-state index in [0.29, 0.717) is 12.1 Å². The monoisotopic (exact) mass is 291 g/mol. The molecule has 0 saturated heterocycles. The molecule has 1 aromatic heterocycles. The van der Waals surface area contributed by atoms with E-state index < -0.39 is 10.0 Å². The van der Waals surface area contributed by atoms with Crippen molar-refractivity contribution in [2.45, 2.75) is 13.0 Å². The fourth-order valence-corrected chi connectivity index (χ4v) is 2.69. The number of aromatic nitrogens is 1. The van der Waals surface area contributed by atoms with Crippen molar-refractivity contribution in [2.24, 2.45) is 0 Å². The van der Waals surface area contributed by atoms with Crippen molar-refractivity contribution in [1.29, 1.82) is 0 Å². The van der Waals surface area contributed by atoms with Crippen molar-refractivity contribution >= 4 is 15.7 Å². The molecule has 0 amide bonds. The summed E-state index contributed by atoms with van der Waals surface area (Å²) in [5.41, 5.74) is 7.88. The van der Waals surface area contributed by atoms with Crippen molar-refractivity contribution in [3.63, 3.8) is 0 Å². The molecular formula is C14H17N3O2S. The van der Waals surface area contributed by atoms with Crippen LogP contribution in [0.5, 0.6) is 0 Å². The second-order valence-electron chi connectivity index (χ2n) is 4.45. The number of aryl methyl sites for hydroxylation is 1. The van der Waals surface area contributed by atoms with Gasteiger partial charge < -0.3 is 5.73 Å². The van der Waals surface area contributed by atoms with Gasteiger partial charge in [-0.05, 0) is 29.8 Å². The summed E-state index contributed by atoms with van der Waals surface area (Å²) >= 11 is 0. The third-order valence-corrected chi connectivity index (χ3v) is 4.15. The van der Waals surface area contributed by atoms with E-state index in [2.05, 4.69) is 9.71 Å². The summed E-state index contributed by atoms with van der Waals surface area (Å²) in [6.45, 7) is 0.269. The quantitative estimate of drug-likeness (QED) is 0.786. The van der Waals surface area contributed by atoms with E-state index in [9.17, 15) is 8.42 Å². The first-order valence-corrected chi connectivity index (χ1v) is 7.92. The average Bonchev–Trinajstić information content (AvgIpc) is 2.46. The average molecular weight is 291 g/mol. The molecule has 0 radical (unpaired) electrons. The first-order valence-electron chi connectivity index (χ1n) is 6.27. The molecule has 0 fully saturated rings. The number of rotatable bonds is 6. The van der Waals surface area contributed by atoms with Crippen LogP contribution >= 0.6 is 0 Å². The minimum atomic E-state index is -3.31. The maximum atomic E-state index is 11.9. The molecule has 5 nitrogen and oxygen atoms in total. The zero-order valence-corrected chi connectivity index (χ0v) is 11.8. The number of sulfonamides is 1. The SMILES string of the molecule is Nc1ccc(CNS(=O)(=O)CCc2ccccn2)cc1. The van der Waals surface area contributed by atoms with Crippen LogP contribution < -0.4 is 10.5 Å². The van der Waals surface area contributed by atoms with Gasteiger partial charge in [0, 0.05) is 30.5 Å². The van der Waals surface area contributed by atoms with E-state index >= 15 is 0 Å². The highest BCUT2D eigenvalue weighted by atomic mass is 32.2. The Kier molecular flexibility index (Phi) is 4.70. The van der Waals surface area contributed by atoms with Gasteiger partial charge >= 0.3 is 0 Å².